The van der Waals surface area contributed by atoms with Crippen molar-refractivity contribution in [1.82, 2.24) is 0 Å². The van der Waals surface area contributed by atoms with E-state index in [0.29, 0.717) is 12.2 Å². The van der Waals surface area contributed by atoms with Crippen molar-refractivity contribution in [2.75, 3.05) is 0 Å². The summed E-state index contributed by atoms with van der Waals surface area (Å²) >= 11 is 0. The maximum absolute atomic E-state index is 11.7. The van der Waals surface area contributed by atoms with Gasteiger partial charge in [-0.05, 0) is 24.8 Å². The molecular formula is C15H18O. The van der Waals surface area contributed by atoms with Crippen LogP contribution in [-0.4, -0.2) is 5.78 Å². The van der Waals surface area contributed by atoms with Gasteiger partial charge in [-0.2, -0.15) is 0 Å². The lowest BCUT2D eigenvalue weighted by atomic mass is 9.99. The largest absolute Gasteiger partial charge is 0.299 e. The Morgan fingerprint density at radius 2 is 2.00 bits per heavy atom. The van der Waals surface area contributed by atoms with Crippen molar-refractivity contribution >= 4 is 11.9 Å². The van der Waals surface area contributed by atoms with E-state index in [1.54, 1.807) is 0 Å². The second-order valence-corrected chi connectivity index (χ2v) is 4.84. The molecule has 1 aromatic carbocycles. The van der Waals surface area contributed by atoms with Crippen LogP contribution >= 0.6 is 0 Å². The van der Waals surface area contributed by atoms with Gasteiger partial charge in [-0.1, -0.05) is 49.4 Å². The fourth-order valence-corrected chi connectivity index (χ4v) is 1.77. The minimum absolute atomic E-state index is 0.0422. The monoisotopic (exact) mass is 214 g/mol. The first-order valence-corrected chi connectivity index (χ1v) is 5.96. The molecule has 0 aliphatic heterocycles. The number of benzene rings is 1. The minimum Gasteiger partial charge on any atom is -0.299 e. The SMILES string of the molecule is CC1(C(=O)CC/C=C/c2ccccc2)CC1. The lowest BCUT2D eigenvalue weighted by Gasteiger charge is -2.04. The Balaban J connectivity index is 1.76. The summed E-state index contributed by atoms with van der Waals surface area (Å²) in [6.07, 6.45) is 7.92. The number of ketones is 1. The van der Waals surface area contributed by atoms with E-state index in [0.717, 1.165) is 19.3 Å². The molecule has 0 N–H and O–H groups in total. The Bertz CT molecular complexity index is 385. The predicted molar refractivity (Wildman–Crippen MR) is 67.1 cm³/mol. The summed E-state index contributed by atoms with van der Waals surface area (Å²) in [6, 6.07) is 10.2. The highest BCUT2D eigenvalue weighted by atomic mass is 16.1. The molecule has 1 heteroatoms. The van der Waals surface area contributed by atoms with Crippen molar-refractivity contribution in [3.8, 4) is 0 Å². The molecule has 0 aromatic heterocycles. The van der Waals surface area contributed by atoms with Crippen LogP contribution in [0.25, 0.3) is 6.08 Å². The van der Waals surface area contributed by atoms with Crippen LogP contribution in [0.4, 0.5) is 0 Å². The average molecular weight is 214 g/mol. The second kappa shape index (κ2) is 4.65. The highest BCUT2D eigenvalue weighted by molar-refractivity contribution is 5.87. The lowest BCUT2D eigenvalue weighted by Crippen LogP contribution is -2.10. The Labute approximate surface area is 97.2 Å². The van der Waals surface area contributed by atoms with Gasteiger partial charge in [-0.3, -0.25) is 4.79 Å². The first-order valence-electron chi connectivity index (χ1n) is 5.96. The molecule has 0 spiro atoms. The summed E-state index contributed by atoms with van der Waals surface area (Å²) in [6.45, 7) is 2.08. The molecule has 2 rings (SSSR count). The number of hydrogen-bond donors (Lipinski definition) is 0. The maximum Gasteiger partial charge on any atom is 0.139 e. The zero-order valence-electron chi connectivity index (χ0n) is 9.78. The molecule has 0 bridgehead atoms. The molecule has 0 saturated heterocycles. The summed E-state index contributed by atoms with van der Waals surface area (Å²) < 4.78 is 0. The Kier molecular flexibility index (Phi) is 3.23. The molecule has 0 heterocycles. The molecular weight excluding hydrogens is 196 g/mol. The second-order valence-electron chi connectivity index (χ2n) is 4.84. The van der Waals surface area contributed by atoms with Crippen molar-refractivity contribution < 1.29 is 4.79 Å². The summed E-state index contributed by atoms with van der Waals surface area (Å²) in [5.41, 5.74) is 1.24. The maximum atomic E-state index is 11.7. The third-order valence-electron chi connectivity index (χ3n) is 3.32. The Hall–Kier alpha value is -1.37. The van der Waals surface area contributed by atoms with Crippen LogP contribution in [0.5, 0.6) is 0 Å². The Morgan fingerprint density at radius 1 is 1.31 bits per heavy atom. The third kappa shape index (κ3) is 2.82. The molecule has 1 fully saturated rings. The van der Waals surface area contributed by atoms with Crippen molar-refractivity contribution in [3.63, 3.8) is 0 Å². The van der Waals surface area contributed by atoms with Crippen LogP contribution in [0, 0.1) is 5.41 Å². The number of allylic oxidation sites excluding steroid dienone is 1. The first-order chi connectivity index (χ1) is 7.71. The highest BCUT2D eigenvalue weighted by Gasteiger charge is 2.43. The molecule has 1 saturated carbocycles. The van der Waals surface area contributed by atoms with Crippen molar-refractivity contribution in [3.05, 3.63) is 42.0 Å². The Morgan fingerprint density at radius 3 is 2.62 bits per heavy atom. The molecule has 0 radical (unpaired) electrons. The molecule has 1 nitrogen and oxygen atoms in total. The standard InChI is InChI=1S/C15H18O/c1-15(11-12-15)14(16)10-6-5-9-13-7-3-2-4-8-13/h2-5,7-9H,6,10-12H2,1H3/b9-5+. The molecule has 0 amide bonds. The van der Waals surface area contributed by atoms with E-state index in [1.807, 2.05) is 18.2 Å². The van der Waals surface area contributed by atoms with Gasteiger partial charge in [-0.25, -0.2) is 0 Å². The quantitative estimate of drug-likeness (QED) is 0.727. The van der Waals surface area contributed by atoms with Gasteiger partial charge >= 0.3 is 0 Å². The van der Waals surface area contributed by atoms with Gasteiger partial charge in [0, 0.05) is 11.8 Å². The predicted octanol–water partition coefficient (Wildman–Crippen LogP) is 3.85. The average Bonchev–Trinajstić information content (AvgIpc) is 3.05. The molecule has 1 aliphatic carbocycles. The van der Waals surface area contributed by atoms with Gasteiger partial charge < -0.3 is 0 Å². The van der Waals surface area contributed by atoms with E-state index in [2.05, 4.69) is 31.2 Å². The van der Waals surface area contributed by atoms with E-state index < -0.39 is 0 Å². The molecule has 16 heavy (non-hydrogen) atoms. The summed E-state index contributed by atoms with van der Waals surface area (Å²) in [4.78, 5) is 11.7. The van der Waals surface area contributed by atoms with Crippen molar-refractivity contribution in [1.29, 1.82) is 0 Å². The van der Waals surface area contributed by atoms with E-state index in [-0.39, 0.29) is 5.41 Å². The zero-order chi connectivity index (χ0) is 11.4. The van der Waals surface area contributed by atoms with E-state index in [9.17, 15) is 4.79 Å². The number of rotatable bonds is 5. The summed E-state index contributed by atoms with van der Waals surface area (Å²) in [7, 11) is 0. The number of carbonyl (C=O) groups is 1. The van der Waals surface area contributed by atoms with Gasteiger partial charge in [-0.15, -0.1) is 0 Å². The van der Waals surface area contributed by atoms with Gasteiger partial charge in [0.25, 0.3) is 0 Å². The van der Waals surface area contributed by atoms with Crippen LogP contribution in [0.2, 0.25) is 0 Å². The van der Waals surface area contributed by atoms with Crippen LogP contribution in [0.1, 0.15) is 38.2 Å². The number of hydrogen-bond acceptors (Lipinski definition) is 1. The van der Waals surface area contributed by atoms with E-state index in [1.165, 1.54) is 5.56 Å². The topological polar surface area (TPSA) is 17.1 Å². The van der Waals surface area contributed by atoms with Gasteiger partial charge in [0.05, 0.1) is 0 Å². The number of carbonyl (C=O) groups excluding carboxylic acids is 1. The van der Waals surface area contributed by atoms with Crippen molar-refractivity contribution in [2.24, 2.45) is 5.41 Å². The lowest BCUT2D eigenvalue weighted by molar-refractivity contribution is -0.123. The van der Waals surface area contributed by atoms with Crippen LogP contribution < -0.4 is 0 Å². The molecule has 0 unspecified atom stereocenters. The van der Waals surface area contributed by atoms with Gasteiger partial charge in [0.15, 0.2) is 0 Å². The third-order valence-corrected chi connectivity index (χ3v) is 3.32. The highest BCUT2D eigenvalue weighted by Crippen LogP contribution is 2.46. The molecule has 1 aliphatic rings. The van der Waals surface area contributed by atoms with Gasteiger partial charge in [0.1, 0.15) is 5.78 Å². The zero-order valence-corrected chi connectivity index (χ0v) is 9.78. The van der Waals surface area contributed by atoms with E-state index >= 15 is 0 Å². The number of Topliss-reactive ketones (excluding diaryl/α,β-unsaturated/α-hetero) is 1. The normalized spacial score (nSPS) is 17.6. The van der Waals surface area contributed by atoms with Crippen LogP contribution in [0.3, 0.4) is 0 Å². The van der Waals surface area contributed by atoms with Crippen LogP contribution in [-0.2, 0) is 4.79 Å². The summed E-state index contributed by atoms with van der Waals surface area (Å²) in [5.74, 6) is 0.435. The minimum atomic E-state index is 0.0422. The molecule has 0 atom stereocenters. The van der Waals surface area contributed by atoms with Crippen LogP contribution in [0.15, 0.2) is 36.4 Å². The fourth-order valence-electron chi connectivity index (χ4n) is 1.77. The summed E-state index contributed by atoms with van der Waals surface area (Å²) in [5, 5.41) is 0. The smallest absolute Gasteiger partial charge is 0.139 e. The molecule has 1 aromatic rings. The van der Waals surface area contributed by atoms with Crippen molar-refractivity contribution in [2.45, 2.75) is 32.6 Å². The van der Waals surface area contributed by atoms with Gasteiger partial charge in [0.2, 0.25) is 0 Å². The fraction of sp³-hybridized carbons (Fsp3) is 0.400. The molecule has 84 valence electrons. The van der Waals surface area contributed by atoms with E-state index in [4.69, 9.17) is 0 Å². The first kappa shape index (κ1) is 11.1.